The van der Waals surface area contributed by atoms with Gasteiger partial charge in [-0.1, -0.05) is 20.4 Å². The zero-order valence-corrected chi connectivity index (χ0v) is 25.4. The lowest BCUT2D eigenvalue weighted by Crippen LogP contribution is -2.76. The van der Waals surface area contributed by atoms with Crippen molar-refractivity contribution in [2.24, 2.45) is 23.2 Å². The number of ether oxygens (including phenoxy) is 6. The largest absolute Gasteiger partial charge is 0.462 e. The number of halogens is 1. The zero-order chi connectivity index (χ0) is 30.8. The fourth-order valence-electron chi connectivity index (χ4n) is 7.78. The van der Waals surface area contributed by atoms with Crippen molar-refractivity contribution in [1.29, 1.82) is 0 Å². The van der Waals surface area contributed by atoms with Crippen molar-refractivity contribution in [2.45, 2.75) is 115 Å². The Morgan fingerprint density at radius 2 is 1.44 bits per heavy atom. The summed E-state index contributed by atoms with van der Waals surface area (Å²) < 4.78 is 36.4. The normalized spacial score (nSPS) is 45.1. The van der Waals surface area contributed by atoms with Crippen molar-refractivity contribution in [3.8, 4) is 0 Å². The van der Waals surface area contributed by atoms with Crippen molar-refractivity contribution >= 4 is 41.4 Å². The minimum Gasteiger partial charge on any atom is -0.462 e. The Morgan fingerprint density at radius 1 is 0.902 bits per heavy atom. The van der Waals surface area contributed by atoms with Crippen LogP contribution in [0, 0.1) is 23.2 Å². The first kappa shape index (κ1) is 31.3. The second kappa shape index (κ2) is 10.6. The molecule has 12 atom stereocenters. The summed E-state index contributed by atoms with van der Waals surface area (Å²) in [5, 5.41) is -0.935. The van der Waals surface area contributed by atoms with Crippen LogP contribution in [0.1, 0.15) is 68.2 Å². The highest BCUT2D eigenvalue weighted by atomic mass is 35.5. The van der Waals surface area contributed by atoms with Crippen LogP contribution in [0.3, 0.4) is 0 Å². The lowest BCUT2D eigenvalue weighted by Gasteiger charge is -2.64. The molecule has 0 aromatic heterocycles. The second-order valence-corrected chi connectivity index (χ2v) is 12.7. The summed E-state index contributed by atoms with van der Waals surface area (Å²) in [5.41, 5.74) is -3.73. The molecule has 1 spiro atoms. The van der Waals surface area contributed by atoms with E-state index in [4.69, 9.17) is 40.0 Å². The molecule has 228 valence electrons. The molecule has 11 nitrogen and oxygen atoms in total. The van der Waals surface area contributed by atoms with E-state index < -0.39 is 100 Å². The first-order chi connectivity index (χ1) is 18.9. The molecule has 12 heteroatoms. The van der Waals surface area contributed by atoms with E-state index in [2.05, 4.69) is 6.58 Å². The van der Waals surface area contributed by atoms with Crippen molar-refractivity contribution in [2.75, 3.05) is 0 Å². The summed E-state index contributed by atoms with van der Waals surface area (Å²) in [5.74, 6) is -5.38. The molecule has 12 unspecified atom stereocenters. The van der Waals surface area contributed by atoms with Crippen molar-refractivity contribution in [1.82, 2.24) is 0 Å². The fraction of sp³-hybridized carbons (Fsp3) is 0.759. The van der Waals surface area contributed by atoms with Crippen molar-refractivity contribution in [3.05, 3.63) is 12.2 Å². The fourth-order valence-corrected chi connectivity index (χ4v) is 8.26. The third-order valence-corrected chi connectivity index (χ3v) is 10.2. The molecule has 4 fully saturated rings. The first-order valence-electron chi connectivity index (χ1n) is 13.8. The van der Waals surface area contributed by atoms with Crippen LogP contribution in [0.15, 0.2) is 12.2 Å². The van der Waals surface area contributed by atoms with Gasteiger partial charge in [0.15, 0.2) is 11.7 Å². The van der Waals surface area contributed by atoms with Crippen LogP contribution in [-0.4, -0.2) is 76.9 Å². The molecule has 1 aliphatic carbocycles. The number of esters is 5. The summed E-state index contributed by atoms with van der Waals surface area (Å²) in [4.78, 5) is 63.3. The van der Waals surface area contributed by atoms with Gasteiger partial charge in [-0.2, -0.15) is 0 Å². The van der Waals surface area contributed by atoms with E-state index in [0.717, 1.165) is 0 Å². The van der Waals surface area contributed by atoms with Crippen LogP contribution in [0.2, 0.25) is 0 Å². The predicted octanol–water partition coefficient (Wildman–Crippen LogP) is 3.03. The number of rotatable bonds is 4. The van der Waals surface area contributed by atoms with E-state index in [1.807, 2.05) is 6.92 Å². The van der Waals surface area contributed by atoms with Gasteiger partial charge in [-0.3, -0.25) is 24.0 Å². The van der Waals surface area contributed by atoms with Crippen LogP contribution < -0.4 is 0 Å². The third kappa shape index (κ3) is 4.82. The van der Waals surface area contributed by atoms with Crippen LogP contribution in [-0.2, 0) is 52.4 Å². The SMILES string of the molecule is C=C1C(Cl)C2OC(=O)C(C)C23OC1(C)CC(OC(C)=O)C1(C)C(OC(C)=O)CC(OC(C)=O)C(C)C1C3OC(C)=O. The van der Waals surface area contributed by atoms with Gasteiger partial charge in [0.05, 0.1) is 16.9 Å². The van der Waals surface area contributed by atoms with Gasteiger partial charge >= 0.3 is 29.8 Å². The Balaban J connectivity index is 2.08. The molecule has 41 heavy (non-hydrogen) atoms. The number of fused-ring (bicyclic) bond motifs is 2. The molecule has 0 aromatic rings. The Kier molecular flexibility index (Phi) is 8.06. The average Bonchev–Trinajstić information content (AvgIpc) is 3.09. The molecular formula is C29H39ClO11. The molecule has 0 N–H and O–H groups in total. The van der Waals surface area contributed by atoms with E-state index in [0.29, 0.717) is 5.57 Å². The lowest BCUT2D eigenvalue weighted by atomic mass is 9.50. The van der Waals surface area contributed by atoms with Gasteiger partial charge in [-0.15, -0.1) is 11.6 Å². The predicted molar refractivity (Wildman–Crippen MR) is 142 cm³/mol. The first-order valence-corrected chi connectivity index (χ1v) is 14.3. The summed E-state index contributed by atoms with van der Waals surface area (Å²) in [6.07, 6.45) is -4.91. The molecular weight excluding hydrogens is 560 g/mol. The van der Waals surface area contributed by atoms with Gasteiger partial charge in [0, 0.05) is 57.8 Å². The smallest absolute Gasteiger partial charge is 0.312 e. The third-order valence-electron chi connectivity index (χ3n) is 9.68. The van der Waals surface area contributed by atoms with Gasteiger partial charge in [0.25, 0.3) is 0 Å². The van der Waals surface area contributed by atoms with E-state index >= 15 is 0 Å². The topological polar surface area (TPSA) is 141 Å². The molecule has 0 amide bonds. The molecule has 0 radical (unpaired) electrons. The number of hydrogen-bond donors (Lipinski definition) is 0. The number of carbonyl (C=O) groups is 5. The summed E-state index contributed by atoms with van der Waals surface area (Å²) in [7, 11) is 0. The van der Waals surface area contributed by atoms with Gasteiger partial charge < -0.3 is 28.4 Å². The van der Waals surface area contributed by atoms with Gasteiger partial charge in [-0.05, 0) is 19.4 Å². The maximum atomic E-state index is 13.2. The molecule has 3 saturated heterocycles. The van der Waals surface area contributed by atoms with Gasteiger partial charge in [0.1, 0.15) is 24.4 Å². The standard InChI is InChI=1S/C29H39ClO11/c1-12-19(36-15(4)31)10-20(37-16(5)32)28(9)21(38-17(6)33)11-27(8)13(2)23(30)25-29(41-27,14(3)26(35)40-25)24(22(12)28)39-18(7)34/h12,14,19-25H,2,10-11H2,1,3-9H3. The highest BCUT2D eigenvalue weighted by Gasteiger charge is 2.76. The maximum Gasteiger partial charge on any atom is 0.312 e. The molecule has 4 aliphatic rings. The Morgan fingerprint density at radius 3 is 1.98 bits per heavy atom. The number of carbonyl (C=O) groups excluding carboxylic acids is 5. The van der Waals surface area contributed by atoms with E-state index in [-0.39, 0.29) is 12.8 Å². The molecule has 3 heterocycles. The van der Waals surface area contributed by atoms with Crippen molar-refractivity contribution in [3.63, 3.8) is 0 Å². The van der Waals surface area contributed by atoms with Crippen LogP contribution in [0.4, 0.5) is 0 Å². The van der Waals surface area contributed by atoms with E-state index in [1.54, 1.807) is 20.8 Å². The Labute approximate surface area is 244 Å². The summed E-state index contributed by atoms with van der Waals surface area (Å²) in [6.45, 7) is 16.2. The summed E-state index contributed by atoms with van der Waals surface area (Å²) in [6, 6.07) is 0. The summed E-state index contributed by atoms with van der Waals surface area (Å²) >= 11 is 6.96. The number of alkyl halides is 1. The lowest BCUT2D eigenvalue weighted by molar-refractivity contribution is -0.310. The second-order valence-electron chi connectivity index (χ2n) is 12.3. The van der Waals surface area contributed by atoms with Crippen LogP contribution >= 0.6 is 11.6 Å². The molecule has 2 bridgehead atoms. The van der Waals surface area contributed by atoms with Crippen molar-refractivity contribution < 1.29 is 52.4 Å². The highest BCUT2D eigenvalue weighted by Crippen LogP contribution is 2.63. The average molecular weight is 599 g/mol. The van der Waals surface area contributed by atoms with Gasteiger partial charge in [0.2, 0.25) is 0 Å². The quantitative estimate of drug-likeness (QED) is 0.204. The molecule has 3 aliphatic heterocycles. The Bertz CT molecular complexity index is 1170. The van der Waals surface area contributed by atoms with Crippen LogP contribution in [0.5, 0.6) is 0 Å². The molecule has 4 rings (SSSR count). The van der Waals surface area contributed by atoms with Gasteiger partial charge in [-0.25, -0.2) is 0 Å². The minimum atomic E-state index is -1.61. The Hall–Kier alpha value is -2.66. The molecule has 0 aromatic carbocycles. The maximum absolute atomic E-state index is 13.2. The number of hydrogen-bond acceptors (Lipinski definition) is 11. The molecule has 1 saturated carbocycles. The monoisotopic (exact) mass is 598 g/mol. The highest BCUT2D eigenvalue weighted by molar-refractivity contribution is 6.23. The van der Waals surface area contributed by atoms with E-state index in [1.165, 1.54) is 27.7 Å². The van der Waals surface area contributed by atoms with Crippen LogP contribution in [0.25, 0.3) is 0 Å². The zero-order valence-electron chi connectivity index (χ0n) is 24.7. The van der Waals surface area contributed by atoms with E-state index in [9.17, 15) is 24.0 Å². The minimum absolute atomic E-state index is 0.0342.